The molecule has 0 aliphatic rings. The van der Waals surface area contributed by atoms with Gasteiger partial charge in [-0.1, -0.05) is 12.1 Å². The predicted octanol–water partition coefficient (Wildman–Crippen LogP) is 2.34. The molecule has 0 unspecified atom stereocenters. The fourth-order valence-electron chi connectivity index (χ4n) is 1.51. The lowest BCUT2D eigenvalue weighted by Crippen LogP contribution is -1.99. The molecule has 0 fully saturated rings. The summed E-state index contributed by atoms with van der Waals surface area (Å²) in [6.45, 7) is 0. The van der Waals surface area contributed by atoms with E-state index in [0.717, 1.165) is 5.75 Å². The van der Waals surface area contributed by atoms with Gasteiger partial charge >= 0.3 is 5.97 Å². The number of carboxylic acid groups (broad SMARTS) is 1. The molecule has 0 spiro atoms. The molecule has 0 aliphatic carbocycles. The van der Waals surface area contributed by atoms with Crippen molar-refractivity contribution in [1.82, 2.24) is 10.2 Å². The van der Waals surface area contributed by atoms with Crippen molar-refractivity contribution >= 4 is 17.7 Å². The Balaban J connectivity index is 2.31. The number of aromatic nitrogens is 2. The van der Waals surface area contributed by atoms with E-state index >= 15 is 0 Å². The molecule has 0 radical (unpaired) electrons. The van der Waals surface area contributed by atoms with E-state index in [-0.39, 0.29) is 11.5 Å². The Morgan fingerprint density at radius 2 is 2.17 bits per heavy atom. The zero-order chi connectivity index (χ0) is 13.0. The number of rotatable bonds is 5. The zero-order valence-corrected chi connectivity index (χ0v) is 10.6. The maximum atomic E-state index is 11.1. The lowest BCUT2D eigenvalue weighted by Gasteiger charge is -2.00. The Morgan fingerprint density at radius 3 is 2.89 bits per heavy atom. The van der Waals surface area contributed by atoms with Gasteiger partial charge in [-0.25, -0.2) is 4.79 Å². The monoisotopic (exact) mass is 264 g/mol. The van der Waals surface area contributed by atoms with Gasteiger partial charge in [-0.2, -0.15) is 11.8 Å². The highest BCUT2D eigenvalue weighted by molar-refractivity contribution is 7.98. The number of thioether (sulfide) groups is 1. The smallest absolute Gasteiger partial charge is 0.336 e. The van der Waals surface area contributed by atoms with Crippen molar-refractivity contribution < 1.29 is 14.3 Å². The molecular weight excluding hydrogens is 252 g/mol. The number of hydrogen-bond donors (Lipinski definition) is 1. The van der Waals surface area contributed by atoms with Crippen LogP contribution in [0.15, 0.2) is 28.7 Å². The van der Waals surface area contributed by atoms with E-state index in [1.54, 1.807) is 30.0 Å². The second kappa shape index (κ2) is 5.68. The molecule has 0 saturated carbocycles. The van der Waals surface area contributed by atoms with Gasteiger partial charge in [0, 0.05) is 12.2 Å². The molecule has 1 aromatic carbocycles. The first-order valence-corrected chi connectivity index (χ1v) is 6.75. The Morgan fingerprint density at radius 1 is 1.39 bits per heavy atom. The molecule has 1 heterocycles. The second-order valence-electron chi connectivity index (χ2n) is 3.59. The molecule has 0 bridgehead atoms. The van der Waals surface area contributed by atoms with Crippen LogP contribution < -0.4 is 0 Å². The summed E-state index contributed by atoms with van der Waals surface area (Å²) in [5.74, 6) is 0.667. The Labute approximate surface area is 108 Å². The molecule has 0 aliphatic heterocycles. The van der Waals surface area contributed by atoms with Gasteiger partial charge < -0.3 is 9.52 Å². The summed E-state index contributed by atoms with van der Waals surface area (Å²) in [7, 11) is 0. The average Bonchev–Trinajstić information content (AvgIpc) is 2.85. The van der Waals surface area contributed by atoms with Crippen LogP contribution in [0.1, 0.15) is 16.2 Å². The maximum Gasteiger partial charge on any atom is 0.336 e. The predicted molar refractivity (Wildman–Crippen MR) is 68.8 cm³/mol. The van der Waals surface area contributed by atoms with E-state index in [1.807, 2.05) is 6.26 Å². The van der Waals surface area contributed by atoms with E-state index < -0.39 is 5.97 Å². The first kappa shape index (κ1) is 12.6. The van der Waals surface area contributed by atoms with Crippen molar-refractivity contribution in [1.29, 1.82) is 0 Å². The van der Waals surface area contributed by atoms with E-state index in [1.165, 1.54) is 6.07 Å². The maximum absolute atomic E-state index is 11.1. The standard InChI is InChI=1S/C12H12N2O3S/c1-18-7-6-10-13-14-11(17-10)8-4-2-3-5-9(8)12(15)16/h2-5H,6-7H2,1H3,(H,15,16). The molecule has 0 saturated heterocycles. The number of aromatic carboxylic acids is 1. The van der Waals surface area contributed by atoms with Crippen LogP contribution in [0, 0.1) is 0 Å². The molecule has 5 nitrogen and oxygen atoms in total. The summed E-state index contributed by atoms with van der Waals surface area (Å²) in [6, 6.07) is 6.59. The number of aryl methyl sites for hydroxylation is 1. The molecule has 2 rings (SSSR count). The Kier molecular flexibility index (Phi) is 3.99. The molecule has 0 atom stereocenters. The lowest BCUT2D eigenvalue weighted by molar-refractivity contribution is 0.0697. The topological polar surface area (TPSA) is 76.2 Å². The van der Waals surface area contributed by atoms with Crippen LogP contribution in [-0.4, -0.2) is 33.3 Å². The third-order valence-electron chi connectivity index (χ3n) is 2.37. The number of hydrogen-bond acceptors (Lipinski definition) is 5. The Hall–Kier alpha value is -1.82. The van der Waals surface area contributed by atoms with E-state index in [2.05, 4.69) is 10.2 Å². The van der Waals surface area contributed by atoms with Gasteiger partial charge in [0.05, 0.1) is 11.1 Å². The van der Waals surface area contributed by atoms with Crippen LogP contribution in [0.4, 0.5) is 0 Å². The Bertz CT molecular complexity index is 554. The number of nitrogens with zero attached hydrogens (tertiary/aromatic N) is 2. The minimum Gasteiger partial charge on any atom is -0.478 e. The van der Waals surface area contributed by atoms with E-state index in [4.69, 9.17) is 9.52 Å². The number of benzene rings is 1. The minimum absolute atomic E-state index is 0.164. The van der Waals surface area contributed by atoms with Gasteiger partial charge in [0.1, 0.15) is 0 Å². The third kappa shape index (κ3) is 2.70. The molecule has 2 aromatic rings. The normalized spacial score (nSPS) is 10.5. The van der Waals surface area contributed by atoms with Crippen molar-refractivity contribution in [2.24, 2.45) is 0 Å². The summed E-state index contributed by atoms with van der Waals surface area (Å²) in [4.78, 5) is 11.1. The molecule has 18 heavy (non-hydrogen) atoms. The van der Waals surface area contributed by atoms with Crippen molar-refractivity contribution in [3.8, 4) is 11.5 Å². The van der Waals surface area contributed by atoms with Gasteiger partial charge in [-0.15, -0.1) is 10.2 Å². The van der Waals surface area contributed by atoms with Crippen molar-refractivity contribution in [3.63, 3.8) is 0 Å². The van der Waals surface area contributed by atoms with Crippen LogP contribution in [0.5, 0.6) is 0 Å². The van der Waals surface area contributed by atoms with Crippen LogP contribution in [0.2, 0.25) is 0 Å². The second-order valence-corrected chi connectivity index (χ2v) is 4.58. The number of carboxylic acids is 1. The minimum atomic E-state index is -1.01. The van der Waals surface area contributed by atoms with E-state index in [0.29, 0.717) is 17.9 Å². The third-order valence-corrected chi connectivity index (χ3v) is 2.99. The van der Waals surface area contributed by atoms with Crippen molar-refractivity contribution in [3.05, 3.63) is 35.7 Å². The first-order valence-electron chi connectivity index (χ1n) is 5.36. The summed E-state index contributed by atoms with van der Waals surface area (Å²) >= 11 is 1.69. The SMILES string of the molecule is CSCCc1nnc(-c2ccccc2C(=O)O)o1. The molecule has 6 heteroatoms. The molecule has 94 valence electrons. The van der Waals surface area contributed by atoms with Gasteiger partial charge in [0.15, 0.2) is 0 Å². The molecular formula is C12H12N2O3S. The summed E-state index contributed by atoms with van der Waals surface area (Å²) < 4.78 is 5.46. The van der Waals surface area contributed by atoms with Crippen LogP contribution in [-0.2, 0) is 6.42 Å². The van der Waals surface area contributed by atoms with Crippen LogP contribution >= 0.6 is 11.8 Å². The molecule has 1 aromatic heterocycles. The van der Waals surface area contributed by atoms with Crippen molar-refractivity contribution in [2.75, 3.05) is 12.0 Å². The largest absolute Gasteiger partial charge is 0.478 e. The summed E-state index contributed by atoms with van der Waals surface area (Å²) in [6.07, 6.45) is 2.68. The highest BCUT2D eigenvalue weighted by atomic mass is 32.2. The lowest BCUT2D eigenvalue weighted by atomic mass is 10.1. The first-order chi connectivity index (χ1) is 8.72. The fraction of sp³-hybridized carbons (Fsp3) is 0.250. The quantitative estimate of drug-likeness (QED) is 0.893. The van der Waals surface area contributed by atoms with Crippen LogP contribution in [0.3, 0.4) is 0 Å². The highest BCUT2D eigenvalue weighted by Gasteiger charge is 2.16. The summed E-state index contributed by atoms with van der Waals surface area (Å²) in [5.41, 5.74) is 0.616. The van der Waals surface area contributed by atoms with Crippen LogP contribution in [0.25, 0.3) is 11.5 Å². The van der Waals surface area contributed by atoms with Crippen molar-refractivity contribution in [2.45, 2.75) is 6.42 Å². The molecule has 1 N–H and O–H groups in total. The fourth-order valence-corrected chi connectivity index (χ4v) is 1.89. The highest BCUT2D eigenvalue weighted by Crippen LogP contribution is 2.22. The van der Waals surface area contributed by atoms with Gasteiger partial charge in [0.25, 0.3) is 0 Å². The van der Waals surface area contributed by atoms with Gasteiger partial charge in [0.2, 0.25) is 11.8 Å². The number of carbonyl (C=O) groups is 1. The molecule has 0 amide bonds. The summed E-state index contributed by atoms with van der Waals surface area (Å²) in [5, 5.41) is 16.9. The van der Waals surface area contributed by atoms with Gasteiger partial charge in [-0.3, -0.25) is 0 Å². The van der Waals surface area contributed by atoms with E-state index in [9.17, 15) is 4.79 Å². The zero-order valence-electron chi connectivity index (χ0n) is 9.79. The van der Waals surface area contributed by atoms with Gasteiger partial charge in [-0.05, 0) is 18.4 Å². The average molecular weight is 264 g/mol.